The summed E-state index contributed by atoms with van der Waals surface area (Å²) < 4.78 is 20.1. The molecule has 1 aliphatic heterocycles. The van der Waals surface area contributed by atoms with E-state index >= 15 is 0 Å². The van der Waals surface area contributed by atoms with Crippen LogP contribution in [-0.2, 0) is 14.0 Å². The minimum Gasteiger partial charge on any atom is -0.776 e. The van der Waals surface area contributed by atoms with Crippen LogP contribution in [0.3, 0.4) is 0 Å². The van der Waals surface area contributed by atoms with Crippen LogP contribution in [0.1, 0.15) is 0 Å². The van der Waals surface area contributed by atoms with E-state index in [2.05, 4.69) is 0 Å². The van der Waals surface area contributed by atoms with Crippen LogP contribution in [-0.4, -0.2) is 35.4 Å². The predicted octanol–water partition coefficient (Wildman–Crippen LogP) is -1.02. The molecule has 1 rings (SSSR count). The molecule has 0 radical (unpaired) electrons. The summed E-state index contributed by atoms with van der Waals surface area (Å²) in [5.41, 5.74) is 0. The number of aliphatic hydroxyl groups excluding tert-OH is 1. The third kappa shape index (κ3) is 5.12. The second kappa shape index (κ2) is 6.53. The fourth-order valence-corrected chi connectivity index (χ4v) is 1.45. The smallest absolute Gasteiger partial charge is 0.155 e. The Morgan fingerprint density at radius 2 is 2.27 bits per heavy atom. The van der Waals surface area contributed by atoms with Crippen molar-refractivity contribution in [2.75, 3.05) is 7.11 Å². The van der Waals surface area contributed by atoms with E-state index in [1.807, 2.05) is 0 Å². The van der Waals surface area contributed by atoms with Crippen molar-refractivity contribution in [1.29, 1.82) is 0 Å². The van der Waals surface area contributed by atoms with Crippen molar-refractivity contribution in [2.24, 2.45) is 0 Å². The summed E-state index contributed by atoms with van der Waals surface area (Å²) >= 11 is 0. The maximum Gasteiger partial charge on any atom is 0.155 e. The van der Waals surface area contributed by atoms with E-state index in [1.165, 1.54) is 13.7 Å². The zero-order valence-corrected chi connectivity index (χ0v) is 13.0. The maximum atomic E-state index is 10.4. The average Bonchev–Trinajstić information content (AvgIpc) is 2.42. The third-order valence-corrected chi connectivity index (χ3v) is 2.33. The summed E-state index contributed by atoms with van der Waals surface area (Å²) in [4.78, 5) is 18.8. The number of hydrogen-bond acceptors (Lipinski definition) is 5. The number of ether oxygens (including phenoxy) is 2. The van der Waals surface area contributed by atoms with Gasteiger partial charge in [0.05, 0.1) is 12.2 Å². The standard InChI is InChI=1S/C7H12O6P.U/c1-12-6-4-13-5(7(6)8)2-3-14(9,10)11;/h2-8H,1H3,(H2,9,10,11);/q-1;/p-1/b3-2+;/t5-,6?,7+;/m1./s1. The first-order valence-electron chi connectivity index (χ1n) is 3.86. The Morgan fingerprint density at radius 3 is 2.67 bits per heavy atom. The molecule has 1 fully saturated rings. The Balaban J connectivity index is 0.00000196. The van der Waals surface area contributed by atoms with E-state index in [4.69, 9.17) is 14.4 Å². The van der Waals surface area contributed by atoms with Crippen LogP contribution >= 0.6 is 7.60 Å². The second-order valence-electron chi connectivity index (χ2n) is 2.83. The molecule has 0 aliphatic carbocycles. The summed E-state index contributed by atoms with van der Waals surface area (Å²) in [6.45, 7) is 1.27. The van der Waals surface area contributed by atoms with E-state index in [1.54, 1.807) is 0 Å². The van der Waals surface area contributed by atoms with Gasteiger partial charge in [0.1, 0.15) is 0 Å². The van der Waals surface area contributed by atoms with Gasteiger partial charge in [-0.05, 0) is 11.9 Å². The predicted molar refractivity (Wildman–Crippen MR) is 44.9 cm³/mol. The number of methoxy groups -OCH3 is 1. The second-order valence-corrected chi connectivity index (χ2v) is 4.26. The quantitative estimate of drug-likeness (QED) is 0.414. The van der Waals surface area contributed by atoms with Crippen molar-refractivity contribution in [2.45, 2.75) is 18.3 Å². The topological polar surface area (TPSA) is 99.1 Å². The molecule has 6 nitrogen and oxygen atoms in total. The Hall–Kier alpha value is 0.822. The zero-order chi connectivity index (χ0) is 10.8. The van der Waals surface area contributed by atoms with Crippen LogP contribution in [0.5, 0.6) is 0 Å². The van der Waals surface area contributed by atoms with Crippen molar-refractivity contribution in [1.82, 2.24) is 0 Å². The van der Waals surface area contributed by atoms with Gasteiger partial charge in [0.25, 0.3) is 0 Å². The van der Waals surface area contributed by atoms with Crippen LogP contribution in [0.25, 0.3) is 0 Å². The van der Waals surface area contributed by atoms with Gasteiger partial charge in [-0.15, -0.1) is 0 Å². The minimum absolute atomic E-state index is 0. The first kappa shape index (κ1) is 15.8. The maximum absolute atomic E-state index is 10.4. The van der Waals surface area contributed by atoms with E-state index in [-0.39, 0.29) is 31.1 Å². The number of hydrogen-bond donors (Lipinski definition) is 2. The molecule has 8 heteroatoms. The summed E-state index contributed by atoms with van der Waals surface area (Å²) in [7, 11) is -3.06. The van der Waals surface area contributed by atoms with Crippen molar-refractivity contribution >= 4 is 7.60 Å². The molecule has 2 N–H and O–H groups in total. The third-order valence-electron chi connectivity index (χ3n) is 1.78. The van der Waals surface area contributed by atoms with Crippen molar-refractivity contribution in [3.05, 3.63) is 18.5 Å². The molecule has 0 bridgehead atoms. The van der Waals surface area contributed by atoms with Gasteiger partial charge < -0.3 is 28.9 Å². The molecule has 0 saturated carbocycles. The van der Waals surface area contributed by atoms with Gasteiger partial charge in [0, 0.05) is 38.2 Å². The normalized spacial score (nSPS) is 35.1. The van der Waals surface area contributed by atoms with Gasteiger partial charge >= 0.3 is 0 Å². The molecular weight excluding hydrogens is 449 g/mol. The van der Waals surface area contributed by atoms with Crippen molar-refractivity contribution in [3.63, 3.8) is 0 Å². The molecule has 0 aromatic rings. The van der Waals surface area contributed by atoms with Gasteiger partial charge in [0.15, 0.2) is 7.60 Å². The van der Waals surface area contributed by atoms with Crippen molar-refractivity contribution in [3.8, 4) is 0 Å². The average molecular weight is 460 g/mol. The Morgan fingerprint density at radius 1 is 1.67 bits per heavy atom. The first-order chi connectivity index (χ1) is 6.44. The number of rotatable bonds is 3. The van der Waals surface area contributed by atoms with E-state index in [0.29, 0.717) is 5.82 Å². The molecule has 0 amide bonds. The molecule has 86 valence electrons. The molecule has 4 atom stereocenters. The molecule has 1 heterocycles. The van der Waals surface area contributed by atoms with E-state index < -0.39 is 25.9 Å². The molecule has 0 spiro atoms. The van der Waals surface area contributed by atoms with Crippen LogP contribution in [0, 0.1) is 37.7 Å². The van der Waals surface area contributed by atoms with E-state index in [9.17, 15) is 14.6 Å². The Kier molecular flexibility index (Phi) is 6.89. The largest absolute Gasteiger partial charge is 0.776 e. The Labute approximate surface area is 111 Å². The summed E-state index contributed by atoms with van der Waals surface area (Å²) in [6, 6.07) is 0. The molecule has 15 heavy (non-hydrogen) atoms. The summed E-state index contributed by atoms with van der Waals surface area (Å²) in [5.74, 6) is 0.590. The monoisotopic (exact) mass is 460 g/mol. The van der Waals surface area contributed by atoms with Crippen LogP contribution in [0.4, 0.5) is 0 Å². The van der Waals surface area contributed by atoms with Crippen LogP contribution in [0.2, 0.25) is 0 Å². The van der Waals surface area contributed by atoms with Gasteiger partial charge in [-0.25, -0.2) is 0 Å². The summed E-state index contributed by atoms with van der Waals surface area (Å²) in [5, 5.41) is 9.44. The minimum atomic E-state index is -4.45. The SMILES string of the molecule is COC1[CH-]O[C@H](/C=C/P(=O)([O-])O)[C@@H]1O.[U]. The van der Waals surface area contributed by atoms with Crippen LogP contribution < -0.4 is 4.89 Å². The molecule has 0 aromatic carbocycles. The van der Waals surface area contributed by atoms with Crippen molar-refractivity contribution < 1.29 is 60.0 Å². The van der Waals surface area contributed by atoms with Gasteiger partial charge in [-0.2, -0.15) is 6.61 Å². The Bertz CT molecular complexity index is 264. The fraction of sp³-hybridized carbons (Fsp3) is 0.571. The van der Waals surface area contributed by atoms with Gasteiger partial charge in [-0.3, -0.25) is 0 Å². The van der Waals surface area contributed by atoms with Gasteiger partial charge in [-0.1, -0.05) is 6.08 Å². The molecule has 1 aliphatic rings. The summed E-state index contributed by atoms with van der Waals surface area (Å²) in [6.07, 6.45) is -1.31. The zero-order valence-electron chi connectivity index (χ0n) is 7.94. The van der Waals surface area contributed by atoms with Crippen LogP contribution in [0.15, 0.2) is 11.9 Å². The molecule has 1 saturated heterocycles. The number of aliphatic hydroxyl groups is 1. The molecule has 0 aromatic heterocycles. The molecule has 2 unspecified atom stereocenters. The first-order valence-corrected chi connectivity index (χ1v) is 5.51. The van der Waals surface area contributed by atoms with E-state index in [0.717, 1.165) is 6.08 Å². The molecular formula is C7H11O6PU-2. The van der Waals surface area contributed by atoms with Gasteiger partial charge in [0.2, 0.25) is 0 Å². The fourth-order valence-electron chi connectivity index (χ4n) is 1.06.